The molecule has 0 spiro atoms. The Morgan fingerprint density at radius 2 is 2.19 bits per heavy atom. The van der Waals surface area contributed by atoms with Crippen LogP contribution in [0.5, 0.6) is 0 Å². The summed E-state index contributed by atoms with van der Waals surface area (Å²) in [5, 5.41) is 13.2. The molecule has 1 fully saturated rings. The van der Waals surface area contributed by atoms with Crippen molar-refractivity contribution >= 4 is 11.7 Å². The standard InChI is InChI=1S/C20H23F2N3O2/c1-13-4-2-8-23-19(13)24-20(27)15-5-3-9-25(11-15)12-18(26)14-6-7-16(21)17(22)10-14/h2,4,6-8,10,15,18,26H,3,5,9,11-12H2,1H3,(H,23,24,27)/t15-,18+/m0/s1. The second-order valence-electron chi connectivity index (χ2n) is 6.95. The summed E-state index contributed by atoms with van der Waals surface area (Å²) in [5.74, 6) is -1.67. The van der Waals surface area contributed by atoms with Gasteiger partial charge < -0.3 is 10.4 Å². The minimum atomic E-state index is -0.979. The first-order chi connectivity index (χ1) is 12.9. The Hall–Kier alpha value is -2.38. The number of halogens is 2. The van der Waals surface area contributed by atoms with Gasteiger partial charge in [-0.25, -0.2) is 13.8 Å². The monoisotopic (exact) mass is 375 g/mol. The number of anilines is 1. The molecule has 0 saturated carbocycles. The molecule has 1 aromatic heterocycles. The molecule has 0 bridgehead atoms. The molecular formula is C20H23F2N3O2. The van der Waals surface area contributed by atoms with E-state index >= 15 is 0 Å². The van der Waals surface area contributed by atoms with Crippen LogP contribution in [0.1, 0.15) is 30.1 Å². The second kappa shape index (κ2) is 8.54. The second-order valence-corrected chi connectivity index (χ2v) is 6.95. The lowest BCUT2D eigenvalue weighted by Crippen LogP contribution is -2.42. The molecule has 2 N–H and O–H groups in total. The number of carbonyl (C=O) groups is 1. The van der Waals surface area contributed by atoms with Crippen LogP contribution in [0.4, 0.5) is 14.6 Å². The van der Waals surface area contributed by atoms with Gasteiger partial charge in [0.25, 0.3) is 0 Å². The molecule has 2 heterocycles. The lowest BCUT2D eigenvalue weighted by molar-refractivity contribution is -0.121. The lowest BCUT2D eigenvalue weighted by atomic mass is 9.96. The Balaban J connectivity index is 1.59. The van der Waals surface area contributed by atoms with E-state index in [1.807, 2.05) is 24.0 Å². The number of piperidine rings is 1. The summed E-state index contributed by atoms with van der Waals surface area (Å²) in [6.07, 6.45) is 2.27. The van der Waals surface area contributed by atoms with Crippen molar-refractivity contribution in [3.8, 4) is 0 Å². The largest absolute Gasteiger partial charge is 0.387 e. The minimum Gasteiger partial charge on any atom is -0.387 e. The SMILES string of the molecule is Cc1cccnc1NC(=O)[C@H]1CCCN(C[C@@H](O)c2ccc(F)c(F)c2)C1. The summed E-state index contributed by atoms with van der Waals surface area (Å²) in [6.45, 7) is 3.39. The van der Waals surface area contributed by atoms with Crippen LogP contribution in [-0.2, 0) is 4.79 Å². The van der Waals surface area contributed by atoms with E-state index in [0.717, 1.165) is 37.1 Å². The summed E-state index contributed by atoms with van der Waals surface area (Å²) >= 11 is 0. The van der Waals surface area contributed by atoms with E-state index in [2.05, 4.69) is 10.3 Å². The van der Waals surface area contributed by atoms with Gasteiger partial charge in [0, 0.05) is 19.3 Å². The molecule has 7 heteroatoms. The molecule has 3 rings (SSSR count). The predicted molar refractivity (Wildman–Crippen MR) is 98.1 cm³/mol. The zero-order valence-electron chi connectivity index (χ0n) is 15.2. The maximum absolute atomic E-state index is 13.4. The molecule has 2 atom stereocenters. The van der Waals surface area contributed by atoms with E-state index in [1.54, 1.807) is 6.20 Å². The highest BCUT2D eigenvalue weighted by Crippen LogP contribution is 2.23. The number of aliphatic hydroxyl groups excluding tert-OH is 1. The van der Waals surface area contributed by atoms with Gasteiger partial charge >= 0.3 is 0 Å². The molecule has 1 aliphatic heterocycles. The average molecular weight is 375 g/mol. The summed E-state index contributed by atoms with van der Waals surface area (Å²) in [5.41, 5.74) is 1.22. The molecule has 27 heavy (non-hydrogen) atoms. The number of pyridine rings is 1. The Morgan fingerprint density at radius 3 is 2.93 bits per heavy atom. The number of nitrogens with zero attached hydrogens (tertiary/aromatic N) is 2. The van der Waals surface area contributed by atoms with Crippen LogP contribution in [0.25, 0.3) is 0 Å². The summed E-state index contributed by atoms with van der Waals surface area (Å²) in [7, 11) is 0. The van der Waals surface area contributed by atoms with Gasteiger partial charge in [-0.2, -0.15) is 0 Å². The average Bonchev–Trinajstić information content (AvgIpc) is 2.66. The Labute approximate surface area is 157 Å². The number of hydrogen-bond donors (Lipinski definition) is 2. The number of carbonyl (C=O) groups excluding carboxylic acids is 1. The number of β-amino-alcohol motifs (C(OH)–C–C–N with tert-alkyl or cyclic N) is 1. The highest BCUT2D eigenvalue weighted by molar-refractivity contribution is 5.92. The van der Waals surface area contributed by atoms with E-state index in [0.29, 0.717) is 17.9 Å². The van der Waals surface area contributed by atoms with Gasteiger partial charge in [0.1, 0.15) is 5.82 Å². The van der Waals surface area contributed by atoms with Crippen LogP contribution in [0.3, 0.4) is 0 Å². The number of amides is 1. The zero-order valence-corrected chi connectivity index (χ0v) is 15.2. The van der Waals surface area contributed by atoms with Crippen LogP contribution in [0.2, 0.25) is 0 Å². The lowest BCUT2D eigenvalue weighted by Gasteiger charge is -2.33. The van der Waals surface area contributed by atoms with E-state index in [1.165, 1.54) is 6.07 Å². The summed E-state index contributed by atoms with van der Waals surface area (Å²) in [6, 6.07) is 7.09. The maximum Gasteiger partial charge on any atom is 0.229 e. The van der Waals surface area contributed by atoms with Crippen molar-refractivity contribution in [3.63, 3.8) is 0 Å². The van der Waals surface area contributed by atoms with E-state index < -0.39 is 17.7 Å². The van der Waals surface area contributed by atoms with Crippen molar-refractivity contribution in [2.75, 3.05) is 25.0 Å². The van der Waals surface area contributed by atoms with Crippen molar-refractivity contribution < 1.29 is 18.7 Å². The molecule has 5 nitrogen and oxygen atoms in total. The number of aryl methyl sites for hydroxylation is 1. The third-order valence-electron chi connectivity index (χ3n) is 4.89. The highest BCUT2D eigenvalue weighted by Gasteiger charge is 2.27. The van der Waals surface area contributed by atoms with Gasteiger partial charge in [0.15, 0.2) is 11.6 Å². The first-order valence-electron chi connectivity index (χ1n) is 9.02. The number of rotatable bonds is 5. The van der Waals surface area contributed by atoms with Crippen LogP contribution in [0, 0.1) is 24.5 Å². The number of aliphatic hydroxyl groups is 1. The van der Waals surface area contributed by atoms with E-state index in [9.17, 15) is 18.7 Å². The molecule has 144 valence electrons. The Morgan fingerprint density at radius 1 is 1.37 bits per heavy atom. The van der Waals surface area contributed by atoms with Crippen molar-refractivity contribution in [2.24, 2.45) is 5.92 Å². The third kappa shape index (κ3) is 4.87. The minimum absolute atomic E-state index is 0.0937. The maximum atomic E-state index is 13.4. The van der Waals surface area contributed by atoms with Crippen molar-refractivity contribution in [1.82, 2.24) is 9.88 Å². The molecule has 1 aliphatic rings. The molecule has 1 amide bonds. The smallest absolute Gasteiger partial charge is 0.229 e. The number of nitrogens with one attached hydrogen (secondary N) is 1. The number of likely N-dealkylation sites (tertiary alicyclic amines) is 1. The summed E-state index contributed by atoms with van der Waals surface area (Å²) in [4.78, 5) is 18.7. The quantitative estimate of drug-likeness (QED) is 0.843. The zero-order chi connectivity index (χ0) is 19.4. The van der Waals surface area contributed by atoms with Crippen LogP contribution in [0.15, 0.2) is 36.5 Å². The first kappa shape index (κ1) is 19.4. The molecule has 1 saturated heterocycles. The fraction of sp³-hybridized carbons (Fsp3) is 0.400. The number of aromatic nitrogens is 1. The summed E-state index contributed by atoms with van der Waals surface area (Å²) < 4.78 is 26.4. The van der Waals surface area contributed by atoms with Gasteiger partial charge in [0.2, 0.25) is 5.91 Å². The molecule has 1 aromatic carbocycles. The number of hydrogen-bond acceptors (Lipinski definition) is 4. The Kier molecular flexibility index (Phi) is 6.13. The normalized spacial score (nSPS) is 18.9. The van der Waals surface area contributed by atoms with Gasteiger partial charge in [-0.1, -0.05) is 12.1 Å². The topological polar surface area (TPSA) is 65.5 Å². The van der Waals surface area contributed by atoms with E-state index in [-0.39, 0.29) is 18.4 Å². The fourth-order valence-corrected chi connectivity index (χ4v) is 3.34. The van der Waals surface area contributed by atoms with Crippen LogP contribution in [-0.4, -0.2) is 40.5 Å². The molecule has 2 aromatic rings. The predicted octanol–water partition coefficient (Wildman–Crippen LogP) is 3.05. The molecule has 0 radical (unpaired) electrons. The Bertz CT molecular complexity index is 816. The van der Waals surface area contributed by atoms with Gasteiger partial charge in [-0.05, 0) is 55.6 Å². The van der Waals surface area contributed by atoms with Crippen molar-refractivity contribution in [2.45, 2.75) is 25.9 Å². The van der Waals surface area contributed by atoms with Crippen LogP contribution < -0.4 is 5.32 Å². The number of benzene rings is 1. The molecule has 0 unspecified atom stereocenters. The van der Waals surface area contributed by atoms with E-state index in [4.69, 9.17) is 0 Å². The molecule has 0 aliphatic carbocycles. The van der Waals surface area contributed by atoms with Crippen molar-refractivity contribution in [3.05, 3.63) is 59.3 Å². The third-order valence-corrected chi connectivity index (χ3v) is 4.89. The fourth-order valence-electron chi connectivity index (χ4n) is 3.34. The van der Waals surface area contributed by atoms with Gasteiger partial charge in [-0.3, -0.25) is 9.69 Å². The first-order valence-corrected chi connectivity index (χ1v) is 9.02. The van der Waals surface area contributed by atoms with Crippen LogP contribution >= 0.6 is 0 Å². The van der Waals surface area contributed by atoms with Gasteiger partial charge in [-0.15, -0.1) is 0 Å². The highest BCUT2D eigenvalue weighted by atomic mass is 19.2. The molecular weight excluding hydrogens is 352 g/mol. The van der Waals surface area contributed by atoms with Crippen molar-refractivity contribution in [1.29, 1.82) is 0 Å². The van der Waals surface area contributed by atoms with Gasteiger partial charge in [0.05, 0.1) is 12.0 Å².